The molecule has 0 aliphatic carbocycles. The molecule has 1 aliphatic heterocycles. The number of nitrogens with one attached hydrogen (secondary N) is 1. The molecule has 1 amide bonds. The molecule has 0 aromatic heterocycles. The zero-order valence-electron chi connectivity index (χ0n) is 9.95. The molecule has 88 valence electrons. The van der Waals surface area contributed by atoms with E-state index in [1.807, 2.05) is 25.8 Å². The molecular formula is C11H22N2O2. The Kier molecular flexibility index (Phi) is 5.05. The summed E-state index contributed by atoms with van der Waals surface area (Å²) < 4.78 is 5.61. The minimum atomic E-state index is -0.313. The molecule has 1 N–H and O–H groups in total. The van der Waals surface area contributed by atoms with E-state index in [0.29, 0.717) is 0 Å². The van der Waals surface area contributed by atoms with Crippen molar-refractivity contribution in [3.05, 3.63) is 0 Å². The first kappa shape index (κ1) is 12.5. The third kappa shape index (κ3) is 3.80. The van der Waals surface area contributed by atoms with Gasteiger partial charge in [0.2, 0.25) is 0 Å². The second-order valence-corrected chi connectivity index (χ2v) is 4.18. The Morgan fingerprint density at radius 3 is 2.53 bits per heavy atom. The van der Waals surface area contributed by atoms with Crippen molar-refractivity contribution in [2.24, 2.45) is 0 Å². The molecule has 0 radical (unpaired) electrons. The lowest BCUT2D eigenvalue weighted by Crippen LogP contribution is -2.40. The van der Waals surface area contributed by atoms with Gasteiger partial charge in [0.05, 0.1) is 6.10 Å². The average Bonchev–Trinajstić information content (AvgIpc) is 2.69. The van der Waals surface area contributed by atoms with Crippen molar-refractivity contribution in [3.8, 4) is 0 Å². The first-order chi connectivity index (χ1) is 7.15. The molecule has 1 aliphatic rings. The first-order valence-electron chi connectivity index (χ1n) is 5.74. The normalized spacial score (nSPS) is 20.3. The van der Waals surface area contributed by atoms with Crippen LogP contribution in [0.5, 0.6) is 0 Å². The van der Waals surface area contributed by atoms with Crippen LogP contribution in [0.3, 0.4) is 0 Å². The van der Waals surface area contributed by atoms with Crippen molar-refractivity contribution in [2.75, 3.05) is 26.7 Å². The summed E-state index contributed by atoms with van der Waals surface area (Å²) in [5.41, 5.74) is 0. The quantitative estimate of drug-likeness (QED) is 0.729. The van der Waals surface area contributed by atoms with Gasteiger partial charge in [0, 0.05) is 19.6 Å². The first-order valence-corrected chi connectivity index (χ1v) is 5.74. The Morgan fingerprint density at radius 2 is 2.00 bits per heavy atom. The van der Waals surface area contributed by atoms with Crippen molar-refractivity contribution in [1.82, 2.24) is 10.2 Å². The number of carbonyl (C=O) groups excluding carboxylic acids is 1. The predicted molar refractivity (Wildman–Crippen MR) is 59.7 cm³/mol. The Morgan fingerprint density at radius 1 is 1.40 bits per heavy atom. The van der Waals surface area contributed by atoms with E-state index in [0.717, 1.165) is 32.5 Å². The van der Waals surface area contributed by atoms with Crippen LogP contribution in [0.1, 0.15) is 26.7 Å². The van der Waals surface area contributed by atoms with E-state index in [1.165, 1.54) is 0 Å². The number of ether oxygens (including phenoxy) is 1. The fourth-order valence-corrected chi connectivity index (χ4v) is 1.94. The van der Waals surface area contributed by atoms with Crippen molar-refractivity contribution in [3.63, 3.8) is 0 Å². The minimum Gasteiger partial charge on any atom is -0.364 e. The van der Waals surface area contributed by atoms with Gasteiger partial charge in [-0.2, -0.15) is 0 Å². The molecule has 1 saturated heterocycles. The lowest BCUT2D eigenvalue weighted by Gasteiger charge is -2.23. The number of hydrogen-bond donors (Lipinski definition) is 1. The summed E-state index contributed by atoms with van der Waals surface area (Å²) in [6.45, 7) is 6.38. The zero-order valence-corrected chi connectivity index (χ0v) is 9.95. The molecule has 1 fully saturated rings. The molecular weight excluding hydrogens is 192 g/mol. The van der Waals surface area contributed by atoms with Crippen LogP contribution in [0.4, 0.5) is 0 Å². The molecule has 0 aromatic carbocycles. The Labute approximate surface area is 92.0 Å². The summed E-state index contributed by atoms with van der Waals surface area (Å²) in [4.78, 5) is 13.8. The van der Waals surface area contributed by atoms with Crippen molar-refractivity contribution in [1.29, 1.82) is 0 Å². The van der Waals surface area contributed by atoms with Crippen LogP contribution in [0.25, 0.3) is 0 Å². The van der Waals surface area contributed by atoms with Crippen molar-refractivity contribution >= 4 is 5.91 Å². The van der Waals surface area contributed by atoms with Crippen LogP contribution in [-0.4, -0.2) is 49.7 Å². The third-order valence-corrected chi connectivity index (χ3v) is 2.69. The van der Waals surface area contributed by atoms with Gasteiger partial charge in [-0.15, -0.1) is 0 Å². The predicted octanol–water partition coefficient (Wildman–Crippen LogP) is 0.622. The monoisotopic (exact) mass is 214 g/mol. The van der Waals surface area contributed by atoms with E-state index >= 15 is 0 Å². The largest absolute Gasteiger partial charge is 0.364 e. The van der Waals surface area contributed by atoms with E-state index in [4.69, 9.17) is 4.74 Å². The SMILES string of the molecule is CNCC(C)OC(C)C(=O)N1CCCC1. The summed E-state index contributed by atoms with van der Waals surface area (Å²) in [7, 11) is 1.88. The Balaban J connectivity index is 2.31. The van der Waals surface area contributed by atoms with E-state index in [2.05, 4.69) is 5.32 Å². The van der Waals surface area contributed by atoms with Crippen LogP contribution in [-0.2, 0) is 9.53 Å². The van der Waals surface area contributed by atoms with Gasteiger partial charge >= 0.3 is 0 Å². The van der Waals surface area contributed by atoms with Crippen molar-refractivity contribution < 1.29 is 9.53 Å². The maximum Gasteiger partial charge on any atom is 0.251 e. The van der Waals surface area contributed by atoms with Gasteiger partial charge in [-0.05, 0) is 33.7 Å². The van der Waals surface area contributed by atoms with E-state index in [9.17, 15) is 4.79 Å². The molecule has 0 aromatic rings. The van der Waals surface area contributed by atoms with Gasteiger partial charge in [0.1, 0.15) is 6.10 Å². The number of nitrogens with zero attached hydrogens (tertiary/aromatic N) is 1. The Hall–Kier alpha value is -0.610. The molecule has 2 atom stereocenters. The summed E-state index contributed by atoms with van der Waals surface area (Å²) in [6.07, 6.45) is 2.03. The van der Waals surface area contributed by atoms with Crippen LogP contribution in [0.2, 0.25) is 0 Å². The average molecular weight is 214 g/mol. The maximum atomic E-state index is 11.9. The smallest absolute Gasteiger partial charge is 0.251 e. The zero-order chi connectivity index (χ0) is 11.3. The molecule has 0 saturated carbocycles. The van der Waals surface area contributed by atoms with E-state index in [-0.39, 0.29) is 18.1 Å². The second kappa shape index (κ2) is 6.08. The van der Waals surface area contributed by atoms with Crippen LogP contribution in [0.15, 0.2) is 0 Å². The third-order valence-electron chi connectivity index (χ3n) is 2.69. The Bertz CT molecular complexity index is 203. The molecule has 1 rings (SSSR count). The highest BCUT2D eigenvalue weighted by atomic mass is 16.5. The standard InChI is InChI=1S/C11H22N2O2/c1-9(8-12-3)15-10(2)11(14)13-6-4-5-7-13/h9-10,12H,4-8H2,1-3H3. The molecule has 2 unspecified atom stereocenters. The van der Waals surface area contributed by atoms with Crippen LogP contribution >= 0.6 is 0 Å². The van der Waals surface area contributed by atoms with Crippen LogP contribution in [0, 0.1) is 0 Å². The van der Waals surface area contributed by atoms with Gasteiger partial charge in [-0.3, -0.25) is 4.79 Å². The van der Waals surface area contributed by atoms with Gasteiger partial charge in [-0.1, -0.05) is 0 Å². The molecule has 15 heavy (non-hydrogen) atoms. The van der Waals surface area contributed by atoms with Gasteiger partial charge < -0.3 is 15.0 Å². The lowest BCUT2D eigenvalue weighted by atomic mass is 10.3. The fourth-order valence-electron chi connectivity index (χ4n) is 1.94. The fraction of sp³-hybridized carbons (Fsp3) is 0.909. The number of likely N-dealkylation sites (tertiary alicyclic amines) is 1. The summed E-state index contributed by atoms with van der Waals surface area (Å²) in [5.74, 6) is 0.135. The van der Waals surface area contributed by atoms with Gasteiger partial charge in [0.15, 0.2) is 0 Å². The number of carbonyl (C=O) groups is 1. The minimum absolute atomic E-state index is 0.0801. The van der Waals surface area contributed by atoms with Gasteiger partial charge in [0.25, 0.3) is 5.91 Å². The summed E-state index contributed by atoms with van der Waals surface area (Å²) in [6, 6.07) is 0. The molecule has 0 bridgehead atoms. The second-order valence-electron chi connectivity index (χ2n) is 4.18. The number of rotatable bonds is 5. The van der Waals surface area contributed by atoms with Crippen molar-refractivity contribution in [2.45, 2.75) is 38.9 Å². The van der Waals surface area contributed by atoms with Crippen LogP contribution < -0.4 is 5.32 Å². The van der Waals surface area contributed by atoms with Gasteiger partial charge in [-0.25, -0.2) is 0 Å². The number of amides is 1. The molecule has 4 heteroatoms. The highest BCUT2D eigenvalue weighted by Crippen LogP contribution is 2.11. The maximum absolute atomic E-state index is 11.9. The molecule has 4 nitrogen and oxygen atoms in total. The van der Waals surface area contributed by atoms with E-state index < -0.39 is 0 Å². The highest BCUT2D eigenvalue weighted by Gasteiger charge is 2.24. The molecule has 1 heterocycles. The number of likely N-dealkylation sites (N-methyl/N-ethyl adjacent to an activating group) is 1. The molecule has 0 spiro atoms. The lowest BCUT2D eigenvalue weighted by molar-refractivity contribution is -0.144. The van der Waals surface area contributed by atoms with E-state index in [1.54, 1.807) is 0 Å². The number of hydrogen-bond acceptors (Lipinski definition) is 3. The summed E-state index contributed by atoms with van der Waals surface area (Å²) >= 11 is 0. The topological polar surface area (TPSA) is 41.6 Å². The highest BCUT2D eigenvalue weighted by molar-refractivity contribution is 5.80. The summed E-state index contributed by atoms with van der Waals surface area (Å²) in [5, 5.41) is 3.03.